The molecule has 1 aromatic heterocycles. The number of ether oxygens (including phenoxy) is 3. The van der Waals surface area contributed by atoms with Crippen LogP contribution in [0, 0.1) is 3.70 Å². The van der Waals surface area contributed by atoms with Crippen LogP contribution in [0.25, 0.3) is 0 Å². The fraction of sp³-hybridized carbons (Fsp3) is 0.276. The standard InChI is InChI=1S/C29H29IN2O4/c30-28-24(17-33)32-16-25(34-18-21-10-4-1-5-11-21)26(35-19-22-12-6-2-7-13-22)27(29(32)31-28)36-20-23-14-8-3-9-15-23/h1-15,25-27,33H,16-20H2/t25-,26-,27+/m0/s1. The van der Waals surface area contributed by atoms with Crippen molar-refractivity contribution in [2.24, 2.45) is 0 Å². The molecule has 1 N–H and O–H groups in total. The number of hydrogen-bond acceptors (Lipinski definition) is 5. The van der Waals surface area contributed by atoms with E-state index in [9.17, 15) is 5.11 Å². The number of halogens is 1. The van der Waals surface area contributed by atoms with E-state index < -0.39 is 6.10 Å². The molecule has 0 aliphatic carbocycles. The summed E-state index contributed by atoms with van der Waals surface area (Å²) in [5.74, 6) is 0.761. The first-order valence-corrected chi connectivity index (χ1v) is 13.1. The quantitative estimate of drug-likeness (QED) is 0.248. The molecule has 0 spiro atoms. The van der Waals surface area contributed by atoms with E-state index in [2.05, 4.69) is 46.9 Å². The van der Waals surface area contributed by atoms with Gasteiger partial charge in [-0.2, -0.15) is 0 Å². The van der Waals surface area contributed by atoms with E-state index in [1.165, 1.54) is 0 Å². The molecule has 0 bridgehead atoms. The Morgan fingerprint density at radius 2 is 1.25 bits per heavy atom. The van der Waals surface area contributed by atoms with Crippen LogP contribution in [0.15, 0.2) is 91.0 Å². The van der Waals surface area contributed by atoms with Crippen molar-refractivity contribution in [2.75, 3.05) is 0 Å². The molecule has 3 aromatic carbocycles. The molecule has 2 heterocycles. The second kappa shape index (κ2) is 12.1. The van der Waals surface area contributed by atoms with Gasteiger partial charge in [0, 0.05) is 0 Å². The van der Waals surface area contributed by atoms with Gasteiger partial charge in [-0.05, 0) is 39.3 Å². The van der Waals surface area contributed by atoms with Gasteiger partial charge in [0.05, 0.1) is 38.7 Å². The first kappa shape index (κ1) is 25.1. The van der Waals surface area contributed by atoms with Gasteiger partial charge in [-0.1, -0.05) is 91.0 Å². The average Bonchev–Trinajstić information content (AvgIpc) is 3.25. The van der Waals surface area contributed by atoms with E-state index in [1.807, 2.05) is 71.3 Å². The van der Waals surface area contributed by atoms with Crippen molar-refractivity contribution in [2.45, 2.75) is 51.3 Å². The number of fused-ring (bicyclic) bond motifs is 1. The lowest BCUT2D eigenvalue weighted by Crippen LogP contribution is -2.46. The average molecular weight is 596 g/mol. The summed E-state index contributed by atoms with van der Waals surface area (Å²) in [7, 11) is 0. The topological polar surface area (TPSA) is 65.7 Å². The van der Waals surface area contributed by atoms with Gasteiger partial charge in [-0.3, -0.25) is 0 Å². The zero-order valence-electron chi connectivity index (χ0n) is 19.9. The van der Waals surface area contributed by atoms with E-state index in [1.54, 1.807) is 0 Å². The molecule has 0 unspecified atom stereocenters. The number of hydrogen-bond donors (Lipinski definition) is 1. The predicted molar refractivity (Wildman–Crippen MR) is 145 cm³/mol. The lowest BCUT2D eigenvalue weighted by atomic mass is 10.0. The van der Waals surface area contributed by atoms with Crippen molar-refractivity contribution in [3.63, 3.8) is 0 Å². The Morgan fingerprint density at radius 1 is 0.750 bits per heavy atom. The SMILES string of the molecule is OCc1c(I)nc2n1C[C@H](OCc1ccccc1)[C@H](OCc1ccccc1)[C@H]2OCc1ccccc1. The summed E-state index contributed by atoms with van der Waals surface area (Å²) >= 11 is 2.18. The summed E-state index contributed by atoms with van der Waals surface area (Å²) in [6.07, 6.45) is -1.13. The van der Waals surface area contributed by atoms with Gasteiger partial charge < -0.3 is 23.9 Å². The molecular weight excluding hydrogens is 567 g/mol. The van der Waals surface area contributed by atoms with Crippen LogP contribution in [-0.2, 0) is 47.2 Å². The first-order chi connectivity index (χ1) is 17.7. The van der Waals surface area contributed by atoms with Gasteiger partial charge in [0.2, 0.25) is 0 Å². The number of imidazole rings is 1. The van der Waals surface area contributed by atoms with E-state index in [-0.39, 0.29) is 18.8 Å². The Labute approximate surface area is 225 Å². The maximum absolute atomic E-state index is 10.1. The molecular formula is C29H29IN2O4. The minimum Gasteiger partial charge on any atom is -0.390 e. The summed E-state index contributed by atoms with van der Waals surface area (Å²) in [4.78, 5) is 4.80. The fourth-order valence-corrected chi connectivity index (χ4v) is 5.20. The second-order valence-corrected chi connectivity index (χ2v) is 9.81. The first-order valence-electron chi connectivity index (χ1n) is 12.0. The molecule has 1 aliphatic rings. The van der Waals surface area contributed by atoms with E-state index >= 15 is 0 Å². The van der Waals surface area contributed by atoms with Crippen molar-refractivity contribution in [3.8, 4) is 0 Å². The Morgan fingerprint density at radius 3 is 1.78 bits per heavy atom. The van der Waals surface area contributed by atoms with E-state index in [0.29, 0.717) is 26.4 Å². The third-order valence-electron chi connectivity index (χ3n) is 6.35. The Bertz CT molecular complexity index is 1230. The number of nitrogens with zero attached hydrogens (tertiary/aromatic N) is 2. The predicted octanol–water partition coefficient (Wildman–Crippen LogP) is 5.42. The Balaban J connectivity index is 1.46. The summed E-state index contributed by atoms with van der Waals surface area (Å²) in [6, 6.07) is 30.3. The number of aliphatic hydroxyl groups excluding tert-OH is 1. The van der Waals surface area contributed by atoms with Gasteiger partial charge >= 0.3 is 0 Å². The summed E-state index contributed by atoms with van der Waals surface area (Å²) < 4.78 is 22.3. The summed E-state index contributed by atoms with van der Waals surface area (Å²) in [5, 5.41) is 10.1. The maximum atomic E-state index is 10.1. The molecule has 186 valence electrons. The van der Waals surface area contributed by atoms with Crippen LogP contribution in [-0.4, -0.2) is 26.9 Å². The molecule has 0 fully saturated rings. The molecule has 6 nitrogen and oxygen atoms in total. The minimum atomic E-state index is -0.461. The highest BCUT2D eigenvalue weighted by Crippen LogP contribution is 2.36. The smallest absolute Gasteiger partial charge is 0.144 e. The monoisotopic (exact) mass is 596 g/mol. The molecule has 0 radical (unpaired) electrons. The van der Waals surface area contributed by atoms with Gasteiger partial charge in [-0.15, -0.1) is 0 Å². The van der Waals surface area contributed by atoms with Crippen molar-refractivity contribution >= 4 is 22.6 Å². The highest BCUT2D eigenvalue weighted by Gasteiger charge is 2.42. The normalized spacial score (nSPS) is 19.2. The molecule has 1 aliphatic heterocycles. The van der Waals surface area contributed by atoms with Crippen molar-refractivity contribution in [1.82, 2.24) is 9.55 Å². The zero-order valence-corrected chi connectivity index (χ0v) is 22.0. The fourth-order valence-electron chi connectivity index (χ4n) is 4.49. The van der Waals surface area contributed by atoms with Crippen LogP contribution in [0.3, 0.4) is 0 Å². The van der Waals surface area contributed by atoms with Crippen LogP contribution in [0.1, 0.15) is 34.3 Å². The highest BCUT2D eigenvalue weighted by atomic mass is 127. The zero-order chi connectivity index (χ0) is 24.7. The van der Waals surface area contributed by atoms with Crippen LogP contribution in [0.5, 0.6) is 0 Å². The molecule has 0 saturated carbocycles. The minimum absolute atomic E-state index is 0.0996. The van der Waals surface area contributed by atoms with Crippen molar-refractivity contribution in [3.05, 3.63) is 123 Å². The molecule has 5 rings (SSSR count). The van der Waals surface area contributed by atoms with Crippen molar-refractivity contribution in [1.29, 1.82) is 0 Å². The lowest BCUT2D eigenvalue weighted by molar-refractivity contribution is -0.172. The second-order valence-electron chi connectivity index (χ2n) is 8.79. The van der Waals surface area contributed by atoms with Crippen LogP contribution in [0.4, 0.5) is 0 Å². The van der Waals surface area contributed by atoms with E-state index in [4.69, 9.17) is 19.2 Å². The number of aromatic nitrogens is 2. The molecule has 0 amide bonds. The van der Waals surface area contributed by atoms with Gasteiger partial charge in [0.25, 0.3) is 0 Å². The molecule has 3 atom stereocenters. The summed E-state index contributed by atoms with van der Waals surface area (Å²) in [5.41, 5.74) is 4.02. The highest BCUT2D eigenvalue weighted by molar-refractivity contribution is 14.1. The number of benzene rings is 3. The number of aliphatic hydroxyl groups is 1. The van der Waals surface area contributed by atoms with Crippen LogP contribution < -0.4 is 0 Å². The van der Waals surface area contributed by atoms with Gasteiger partial charge in [-0.25, -0.2) is 4.98 Å². The van der Waals surface area contributed by atoms with Crippen molar-refractivity contribution < 1.29 is 19.3 Å². The third kappa shape index (κ3) is 5.87. The Hall–Kier alpha value is -2.56. The molecule has 7 heteroatoms. The maximum Gasteiger partial charge on any atom is 0.144 e. The van der Waals surface area contributed by atoms with Crippen LogP contribution in [0.2, 0.25) is 0 Å². The summed E-state index contributed by atoms with van der Waals surface area (Å²) in [6.45, 7) is 1.74. The molecule has 36 heavy (non-hydrogen) atoms. The van der Waals surface area contributed by atoms with Crippen LogP contribution >= 0.6 is 22.6 Å². The van der Waals surface area contributed by atoms with E-state index in [0.717, 1.165) is 31.9 Å². The molecule has 0 saturated heterocycles. The number of rotatable bonds is 10. The molecule has 4 aromatic rings. The third-order valence-corrected chi connectivity index (χ3v) is 7.21. The lowest BCUT2D eigenvalue weighted by Gasteiger charge is -2.38. The Kier molecular flexibility index (Phi) is 8.45. The van der Waals surface area contributed by atoms with Gasteiger partial charge in [0.15, 0.2) is 0 Å². The largest absolute Gasteiger partial charge is 0.390 e. The van der Waals surface area contributed by atoms with Gasteiger partial charge in [0.1, 0.15) is 27.8 Å².